The molecule has 0 aliphatic carbocycles. The first-order valence-corrected chi connectivity index (χ1v) is 7.74. The average Bonchev–Trinajstić information content (AvgIpc) is 2.81. The summed E-state index contributed by atoms with van der Waals surface area (Å²) in [5, 5.41) is 0.866. The molecule has 6 heteroatoms. The van der Waals surface area contributed by atoms with Gasteiger partial charge in [-0.25, -0.2) is 4.98 Å². The molecule has 0 aromatic carbocycles. The van der Waals surface area contributed by atoms with Gasteiger partial charge >= 0.3 is 0 Å². The maximum Gasteiger partial charge on any atom is 0.266 e. The molecular weight excluding hydrogens is 274 g/mol. The van der Waals surface area contributed by atoms with E-state index in [0.717, 1.165) is 11.6 Å². The van der Waals surface area contributed by atoms with Crippen molar-refractivity contribution in [2.45, 2.75) is 33.7 Å². The second kappa shape index (κ2) is 5.91. The van der Waals surface area contributed by atoms with E-state index in [4.69, 9.17) is 0 Å². The molecule has 2 amide bonds. The summed E-state index contributed by atoms with van der Waals surface area (Å²) in [5.41, 5.74) is 0. The van der Waals surface area contributed by atoms with Crippen molar-refractivity contribution in [3.63, 3.8) is 0 Å². The number of carbonyl (C=O) groups is 2. The Hall–Kier alpha value is -1.43. The van der Waals surface area contributed by atoms with Crippen molar-refractivity contribution in [3.05, 3.63) is 16.1 Å². The largest absolute Gasteiger partial charge is 0.339 e. The first-order valence-electron chi connectivity index (χ1n) is 6.92. The molecule has 1 saturated heterocycles. The number of rotatable bonds is 3. The summed E-state index contributed by atoms with van der Waals surface area (Å²) < 4.78 is 0. The van der Waals surface area contributed by atoms with Crippen molar-refractivity contribution >= 4 is 23.2 Å². The lowest BCUT2D eigenvalue weighted by molar-refractivity contribution is -0.140. The van der Waals surface area contributed by atoms with Crippen LogP contribution < -0.4 is 0 Å². The highest BCUT2D eigenvalue weighted by molar-refractivity contribution is 7.13. The van der Waals surface area contributed by atoms with Gasteiger partial charge < -0.3 is 9.80 Å². The van der Waals surface area contributed by atoms with Crippen molar-refractivity contribution in [2.75, 3.05) is 19.6 Å². The second-order valence-electron chi connectivity index (χ2n) is 5.60. The number of amides is 2. The number of aromatic nitrogens is 1. The summed E-state index contributed by atoms with van der Waals surface area (Å²) in [7, 11) is 0. The van der Waals surface area contributed by atoms with Crippen LogP contribution in [-0.2, 0) is 4.79 Å². The predicted molar refractivity (Wildman–Crippen MR) is 78.8 cm³/mol. The molecule has 110 valence electrons. The Kier molecular flexibility index (Phi) is 4.42. The predicted octanol–water partition coefficient (Wildman–Crippen LogP) is 1.78. The number of hydrogen-bond donors (Lipinski definition) is 0. The highest BCUT2D eigenvalue weighted by Crippen LogP contribution is 2.19. The molecule has 0 spiro atoms. The highest BCUT2D eigenvalue weighted by atomic mass is 32.1. The van der Waals surface area contributed by atoms with Gasteiger partial charge in [0.2, 0.25) is 5.91 Å². The zero-order valence-electron chi connectivity index (χ0n) is 12.4. The highest BCUT2D eigenvalue weighted by Gasteiger charge is 2.35. The van der Waals surface area contributed by atoms with E-state index in [1.165, 1.54) is 11.3 Å². The van der Waals surface area contributed by atoms with Crippen LogP contribution in [0.3, 0.4) is 0 Å². The van der Waals surface area contributed by atoms with Crippen molar-refractivity contribution in [3.8, 4) is 0 Å². The van der Waals surface area contributed by atoms with Crippen LogP contribution in [0.2, 0.25) is 0 Å². The molecule has 1 aromatic rings. The molecule has 1 aliphatic rings. The minimum absolute atomic E-state index is 0.0412. The molecule has 1 fully saturated rings. The lowest BCUT2D eigenvalue weighted by atomic mass is 10.1. The summed E-state index contributed by atoms with van der Waals surface area (Å²) >= 11 is 1.38. The van der Waals surface area contributed by atoms with E-state index in [1.807, 2.05) is 11.8 Å². The van der Waals surface area contributed by atoms with Gasteiger partial charge in [-0.3, -0.25) is 9.59 Å². The van der Waals surface area contributed by atoms with Gasteiger partial charge in [-0.15, -0.1) is 11.3 Å². The van der Waals surface area contributed by atoms with Crippen LogP contribution in [0.4, 0.5) is 0 Å². The number of hydrogen-bond acceptors (Lipinski definition) is 4. The van der Waals surface area contributed by atoms with Gasteiger partial charge in [0.15, 0.2) is 0 Å². The van der Waals surface area contributed by atoms with Gasteiger partial charge in [0.25, 0.3) is 5.91 Å². The Morgan fingerprint density at radius 3 is 2.75 bits per heavy atom. The lowest BCUT2D eigenvalue weighted by Gasteiger charge is -2.39. The molecule has 1 atom stereocenters. The van der Waals surface area contributed by atoms with E-state index in [-0.39, 0.29) is 11.8 Å². The fraction of sp³-hybridized carbons (Fsp3) is 0.643. The van der Waals surface area contributed by atoms with Crippen LogP contribution in [0.25, 0.3) is 0 Å². The monoisotopic (exact) mass is 295 g/mol. The number of nitrogens with zero attached hydrogens (tertiary/aromatic N) is 3. The van der Waals surface area contributed by atoms with E-state index in [0.29, 0.717) is 23.9 Å². The summed E-state index contributed by atoms with van der Waals surface area (Å²) in [6.45, 7) is 9.83. The minimum atomic E-state index is -0.391. The molecule has 20 heavy (non-hydrogen) atoms. The number of carbonyl (C=O) groups excluding carboxylic acids is 2. The van der Waals surface area contributed by atoms with Crippen LogP contribution in [0, 0.1) is 12.8 Å². The first-order chi connectivity index (χ1) is 9.40. The molecule has 0 bridgehead atoms. The van der Waals surface area contributed by atoms with Gasteiger partial charge in [0, 0.05) is 19.6 Å². The third kappa shape index (κ3) is 3.00. The lowest BCUT2D eigenvalue weighted by Crippen LogP contribution is -2.58. The molecule has 5 nitrogen and oxygen atoms in total. The van der Waals surface area contributed by atoms with Crippen LogP contribution in [0.5, 0.6) is 0 Å². The maximum atomic E-state index is 12.4. The normalized spacial score (nSPS) is 19.9. The number of piperazine rings is 1. The topological polar surface area (TPSA) is 53.5 Å². The molecule has 1 aliphatic heterocycles. The van der Waals surface area contributed by atoms with Gasteiger partial charge in [0.05, 0.1) is 11.2 Å². The molecular formula is C14H21N3O2S. The molecule has 2 heterocycles. The molecule has 2 rings (SSSR count). The summed E-state index contributed by atoms with van der Waals surface area (Å²) in [4.78, 5) is 33.0. The van der Waals surface area contributed by atoms with Gasteiger partial charge in [-0.05, 0) is 19.8 Å². The Morgan fingerprint density at radius 1 is 1.50 bits per heavy atom. The van der Waals surface area contributed by atoms with Crippen molar-refractivity contribution < 1.29 is 9.59 Å². The van der Waals surface area contributed by atoms with E-state index < -0.39 is 6.04 Å². The SMILES string of the molecule is Cc1ncc(C(=O)N2CCN(CC(C)C)C(=O)[C@@H]2C)s1. The smallest absolute Gasteiger partial charge is 0.266 e. The molecule has 0 saturated carbocycles. The Bertz CT molecular complexity index is 512. The Labute approximate surface area is 123 Å². The van der Waals surface area contributed by atoms with Crippen molar-refractivity contribution in [1.82, 2.24) is 14.8 Å². The van der Waals surface area contributed by atoms with E-state index >= 15 is 0 Å². The molecule has 1 aromatic heterocycles. The first kappa shape index (κ1) is 15.0. The maximum absolute atomic E-state index is 12.4. The van der Waals surface area contributed by atoms with Crippen LogP contribution >= 0.6 is 11.3 Å². The van der Waals surface area contributed by atoms with Gasteiger partial charge in [0.1, 0.15) is 10.9 Å². The Balaban J connectivity index is 2.08. The molecule has 0 N–H and O–H groups in total. The second-order valence-corrected chi connectivity index (χ2v) is 6.83. The third-order valence-electron chi connectivity index (χ3n) is 3.43. The number of thiazole rings is 1. The van der Waals surface area contributed by atoms with E-state index in [9.17, 15) is 9.59 Å². The zero-order valence-corrected chi connectivity index (χ0v) is 13.2. The number of aryl methyl sites for hydroxylation is 1. The summed E-state index contributed by atoms with van der Waals surface area (Å²) in [5.74, 6) is 0.401. The molecule has 0 radical (unpaired) electrons. The fourth-order valence-corrected chi connectivity index (χ4v) is 3.16. The summed E-state index contributed by atoms with van der Waals surface area (Å²) in [6, 6.07) is -0.391. The van der Waals surface area contributed by atoms with E-state index in [1.54, 1.807) is 18.0 Å². The summed E-state index contributed by atoms with van der Waals surface area (Å²) in [6.07, 6.45) is 1.60. The quantitative estimate of drug-likeness (QED) is 0.854. The van der Waals surface area contributed by atoms with Crippen LogP contribution in [0.1, 0.15) is 35.5 Å². The minimum Gasteiger partial charge on any atom is -0.339 e. The fourth-order valence-electron chi connectivity index (χ4n) is 2.43. The van der Waals surface area contributed by atoms with Crippen LogP contribution in [0.15, 0.2) is 6.20 Å². The van der Waals surface area contributed by atoms with Crippen LogP contribution in [-0.4, -0.2) is 52.3 Å². The Morgan fingerprint density at radius 2 is 2.20 bits per heavy atom. The standard InChI is InChI=1S/C14H21N3O2S/c1-9(2)8-16-5-6-17(10(3)13(16)18)14(19)12-7-15-11(4)20-12/h7,9-10H,5-6,8H2,1-4H3/t10-/m0/s1. The van der Waals surface area contributed by atoms with Crippen molar-refractivity contribution in [2.24, 2.45) is 5.92 Å². The molecule has 0 unspecified atom stereocenters. The van der Waals surface area contributed by atoms with Crippen molar-refractivity contribution in [1.29, 1.82) is 0 Å². The third-order valence-corrected chi connectivity index (χ3v) is 4.33. The average molecular weight is 295 g/mol. The van der Waals surface area contributed by atoms with E-state index in [2.05, 4.69) is 18.8 Å². The zero-order chi connectivity index (χ0) is 14.9. The van der Waals surface area contributed by atoms with Gasteiger partial charge in [-0.2, -0.15) is 0 Å². The van der Waals surface area contributed by atoms with Gasteiger partial charge in [-0.1, -0.05) is 13.8 Å².